The number of anilines is 1. The minimum absolute atomic E-state index is 0.0343. The molecule has 4 nitrogen and oxygen atoms in total. The van der Waals surface area contributed by atoms with Crippen molar-refractivity contribution in [1.82, 2.24) is 4.72 Å². The normalized spacial score (nSPS) is 17.4. The van der Waals surface area contributed by atoms with E-state index in [4.69, 9.17) is 5.73 Å². The molecule has 0 aliphatic heterocycles. The van der Waals surface area contributed by atoms with Crippen LogP contribution in [0, 0.1) is 12.7 Å². The summed E-state index contributed by atoms with van der Waals surface area (Å²) in [5, 5.41) is 0. The van der Waals surface area contributed by atoms with Gasteiger partial charge in [0.2, 0.25) is 10.0 Å². The van der Waals surface area contributed by atoms with Crippen LogP contribution in [0.15, 0.2) is 17.0 Å². The van der Waals surface area contributed by atoms with Gasteiger partial charge in [0.1, 0.15) is 5.82 Å². The third-order valence-electron chi connectivity index (χ3n) is 3.41. The highest BCUT2D eigenvalue weighted by molar-refractivity contribution is 8.00. The van der Waals surface area contributed by atoms with Crippen molar-refractivity contribution in [2.45, 2.75) is 29.4 Å². The molecule has 1 aromatic carbocycles. The molecule has 0 spiro atoms. The predicted octanol–water partition coefficient (Wildman–Crippen LogP) is 1.89. The van der Waals surface area contributed by atoms with Crippen molar-refractivity contribution in [1.29, 1.82) is 0 Å². The molecule has 2 rings (SSSR count). The number of sulfonamides is 1. The highest BCUT2D eigenvalue weighted by Crippen LogP contribution is 2.46. The Morgan fingerprint density at radius 3 is 2.63 bits per heavy atom. The second-order valence-corrected chi connectivity index (χ2v) is 7.86. The van der Waals surface area contributed by atoms with Crippen LogP contribution in [0.4, 0.5) is 10.1 Å². The van der Waals surface area contributed by atoms with E-state index in [1.165, 1.54) is 6.07 Å². The monoisotopic (exact) mass is 304 g/mol. The number of aryl methyl sites for hydroxylation is 1. The first kappa shape index (κ1) is 14.6. The molecule has 0 aromatic heterocycles. The van der Waals surface area contributed by atoms with E-state index in [0.717, 1.165) is 18.9 Å². The van der Waals surface area contributed by atoms with Crippen LogP contribution in [-0.4, -0.2) is 26.0 Å². The topological polar surface area (TPSA) is 72.2 Å². The molecule has 1 fully saturated rings. The fraction of sp³-hybridized carbons (Fsp3) is 0.500. The van der Waals surface area contributed by atoms with E-state index in [9.17, 15) is 12.8 Å². The smallest absolute Gasteiger partial charge is 0.240 e. The first-order valence-corrected chi connectivity index (χ1v) is 8.61. The number of nitrogens with two attached hydrogens (primary N) is 1. The lowest BCUT2D eigenvalue weighted by Crippen LogP contribution is -2.32. The van der Waals surface area contributed by atoms with Gasteiger partial charge in [-0.1, -0.05) is 0 Å². The van der Waals surface area contributed by atoms with Crippen molar-refractivity contribution < 1.29 is 12.8 Å². The maximum atomic E-state index is 13.2. The summed E-state index contributed by atoms with van der Waals surface area (Å²) in [4.78, 5) is 0.0447. The number of benzene rings is 1. The third-order valence-corrected chi connectivity index (χ3v) is 6.37. The lowest BCUT2D eigenvalue weighted by molar-refractivity contribution is 0.578. The summed E-state index contributed by atoms with van der Waals surface area (Å²) >= 11 is 1.67. The Balaban J connectivity index is 2.22. The first-order valence-electron chi connectivity index (χ1n) is 5.90. The predicted molar refractivity (Wildman–Crippen MR) is 76.2 cm³/mol. The molecule has 3 N–H and O–H groups in total. The van der Waals surface area contributed by atoms with E-state index in [1.54, 1.807) is 18.7 Å². The fourth-order valence-electron chi connectivity index (χ4n) is 1.85. The number of halogens is 1. The molecule has 19 heavy (non-hydrogen) atoms. The molecule has 0 radical (unpaired) electrons. The van der Waals surface area contributed by atoms with Crippen LogP contribution in [0.3, 0.4) is 0 Å². The quantitative estimate of drug-likeness (QED) is 0.815. The standard InChI is InChI=1S/C12H17FN2O2S2/c1-8-5-9(13)10(14)6-11(8)19(16,17)15-7-12(18-2)3-4-12/h5-6,15H,3-4,7,14H2,1-2H3. The van der Waals surface area contributed by atoms with Gasteiger partial charge >= 0.3 is 0 Å². The van der Waals surface area contributed by atoms with Crippen molar-refractivity contribution in [3.8, 4) is 0 Å². The Bertz CT molecular complexity index is 598. The molecule has 1 saturated carbocycles. The maximum Gasteiger partial charge on any atom is 0.240 e. The van der Waals surface area contributed by atoms with Gasteiger partial charge in [0.15, 0.2) is 0 Å². The Labute approximate surface area is 117 Å². The Hall–Kier alpha value is -0.790. The van der Waals surface area contributed by atoms with Crippen molar-refractivity contribution in [2.75, 3.05) is 18.5 Å². The summed E-state index contributed by atoms with van der Waals surface area (Å²) in [6, 6.07) is 2.32. The van der Waals surface area contributed by atoms with Gasteiger partial charge in [-0.2, -0.15) is 11.8 Å². The summed E-state index contributed by atoms with van der Waals surface area (Å²) in [5.41, 5.74) is 5.63. The lowest BCUT2D eigenvalue weighted by atomic mass is 10.2. The van der Waals surface area contributed by atoms with Gasteiger partial charge in [-0.05, 0) is 43.7 Å². The van der Waals surface area contributed by atoms with Crippen LogP contribution >= 0.6 is 11.8 Å². The average Bonchev–Trinajstić information content (AvgIpc) is 3.12. The molecule has 7 heteroatoms. The molecule has 1 aliphatic rings. The SMILES string of the molecule is CSC1(CNS(=O)(=O)c2cc(N)c(F)cc2C)CC1. The Morgan fingerprint density at radius 2 is 2.11 bits per heavy atom. The third kappa shape index (κ3) is 3.04. The van der Waals surface area contributed by atoms with Crippen molar-refractivity contribution in [3.63, 3.8) is 0 Å². The molecule has 0 amide bonds. The van der Waals surface area contributed by atoms with Crippen LogP contribution in [0.2, 0.25) is 0 Å². The summed E-state index contributed by atoms with van der Waals surface area (Å²) in [5.74, 6) is -0.598. The summed E-state index contributed by atoms with van der Waals surface area (Å²) in [6.07, 6.45) is 4.00. The van der Waals surface area contributed by atoms with E-state index < -0.39 is 15.8 Å². The number of hydrogen-bond donors (Lipinski definition) is 2. The largest absolute Gasteiger partial charge is 0.396 e. The molecule has 0 heterocycles. The summed E-state index contributed by atoms with van der Waals surface area (Å²) in [6.45, 7) is 1.95. The van der Waals surface area contributed by atoms with E-state index in [-0.39, 0.29) is 15.3 Å². The van der Waals surface area contributed by atoms with E-state index in [0.29, 0.717) is 12.1 Å². The molecule has 1 aliphatic carbocycles. The van der Waals surface area contributed by atoms with Gasteiger partial charge in [0.25, 0.3) is 0 Å². The van der Waals surface area contributed by atoms with Crippen LogP contribution in [-0.2, 0) is 10.0 Å². The van der Waals surface area contributed by atoms with Gasteiger partial charge in [-0.25, -0.2) is 17.5 Å². The van der Waals surface area contributed by atoms with Crippen LogP contribution in [0.1, 0.15) is 18.4 Å². The van der Waals surface area contributed by atoms with Gasteiger partial charge in [0.05, 0.1) is 10.6 Å². The zero-order valence-electron chi connectivity index (χ0n) is 10.9. The zero-order chi connectivity index (χ0) is 14.3. The van der Waals surface area contributed by atoms with Crippen molar-refractivity contribution in [2.24, 2.45) is 0 Å². The Kier molecular flexibility index (Phi) is 3.81. The van der Waals surface area contributed by atoms with Gasteiger partial charge in [0, 0.05) is 11.3 Å². The highest BCUT2D eigenvalue weighted by atomic mass is 32.2. The maximum absolute atomic E-state index is 13.2. The van der Waals surface area contributed by atoms with Gasteiger partial charge in [-0.3, -0.25) is 0 Å². The van der Waals surface area contributed by atoms with Crippen LogP contribution in [0.25, 0.3) is 0 Å². The number of thioether (sulfide) groups is 1. The minimum Gasteiger partial charge on any atom is -0.396 e. The molecular weight excluding hydrogens is 287 g/mol. The average molecular weight is 304 g/mol. The molecule has 0 atom stereocenters. The van der Waals surface area contributed by atoms with E-state index in [2.05, 4.69) is 4.72 Å². The number of rotatable bonds is 5. The van der Waals surface area contributed by atoms with Gasteiger partial charge in [-0.15, -0.1) is 0 Å². The number of hydrogen-bond acceptors (Lipinski definition) is 4. The Morgan fingerprint density at radius 1 is 1.47 bits per heavy atom. The second-order valence-electron chi connectivity index (χ2n) is 4.85. The van der Waals surface area contributed by atoms with E-state index >= 15 is 0 Å². The van der Waals surface area contributed by atoms with Gasteiger partial charge < -0.3 is 5.73 Å². The first-order chi connectivity index (χ1) is 8.80. The molecule has 0 saturated heterocycles. The van der Waals surface area contributed by atoms with E-state index in [1.807, 2.05) is 6.26 Å². The second kappa shape index (κ2) is 4.96. The molecule has 106 valence electrons. The minimum atomic E-state index is -3.64. The van der Waals surface area contributed by atoms with Crippen molar-refractivity contribution in [3.05, 3.63) is 23.5 Å². The number of nitrogens with one attached hydrogen (secondary N) is 1. The fourth-order valence-corrected chi connectivity index (χ4v) is 4.06. The number of nitrogen functional groups attached to an aromatic ring is 1. The van der Waals surface area contributed by atoms with Crippen LogP contribution < -0.4 is 10.5 Å². The molecule has 1 aromatic rings. The summed E-state index contributed by atoms with van der Waals surface area (Å²) in [7, 11) is -3.64. The summed E-state index contributed by atoms with van der Waals surface area (Å²) < 4.78 is 40.3. The van der Waals surface area contributed by atoms with Crippen LogP contribution in [0.5, 0.6) is 0 Å². The lowest BCUT2D eigenvalue weighted by Gasteiger charge is -2.15. The zero-order valence-corrected chi connectivity index (χ0v) is 12.5. The highest BCUT2D eigenvalue weighted by Gasteiger charge is 2.42. The molecule has 0 bridgehead atoms. The van der Waals surface area contributed by atoms with Crippen molar-refractivity contribution >= 4 is 27.5 Å². The molecule has 0 unspecified atom stereocenters. The molecular formula is C12H17FN2O2S2.